The van der Waals surface area contributed by atoms with Crippen LogP contribution < -0.4 is 0 Å². The van der Waals surface area contributed by atoms with Crippen LogP contribution in [0.5, 0.6) is 5.75 Å². The average molecular weight is 385 g/mol. The molecule has 0 radical (unpaired) electrons. The van der Waals surface area contributed by atoms with Crippen molar-refractivity contribution < 1.29 is 5.11 Å². The van der Waals surface area contributed by atoms with Crippen LogP contribution in [-0.4, -0.2) is 35.1 Å². The molecule has 0 spiro atoms. The molecular formula is C26H28N2O. The lowest BCUT2D eigenvalue weighted by Gasteiger charge is -2.22. The van der Waals surface area contributed by atoms with E-state index in [-0.39, 0.29) is 0 Å². The molecule has 1 aliphatic carbocycles. The topological polar surface area (TPSA) is 36.4 Å². The zero-order valence-corrected chi connectivity index (χ0v) is 17.0. The SMILES string of the molecule is CN(CCc1ccccn1)CC1=C(c2cccc(O)c2)c2ccccc2CCC1. The summed E-state index contributed by atoms with van der Waals surface area (Å²) in [5.41, 5.74) is 7.68. The highest BCUT2D eigenvalue weighted by molar-refractivity contribution is 5.84. The number of aryl methyl sites for hydroxylation is 1. The molecule has 1 N–H and O–H groups in total. The Morgan fingerprint density at radius 2 is 1.83 bits per heavy atom. The van der Waals surface area contributed by atoms with Crippen LogP contribution in [0.2, 0.25) is 0 Å². The smallest absolute Gasteiger partial charge is 0.116 e. The summed E-state index contributed by atoms with van der Waals surface area (Å²) in [4.78, 5) is 6.84. The highest BCUT2D eigenvalue weighted by atomic mass is 16.3. The summed E-state index contributed by atoms with van der Waals surface area (Å²) in [5, 5.41) is 10.1. The number of hydrogen-bond acceptors (Lipinski definition) is 3. The molecule has 4 rings (SSSR count). The minimum atomic E-state index is 0.319. The number of nitrogens with zero attached hydrogens (tertiary/aromatic N) is 2. The van der Waals surface area contributed by atoms with E-state index in [9.17, 15) is 5.11 Å². The molecule has 0 saturated heterocycles. The molecule has 29 heavy (non-hydrogen) atoms. The van der Waals surface area contributed by atoms with Crippen molar-refractivity contribution in [2.24, 2.45) is 0 Å². The fourth-order valence-electron chi connectivity index (χ4n) is 4.23. The second kappa shape index (κ2) is 9.06. The lowest BCUT2D eigenvalue weighted by Crippen LogP contribution is -2.24. The van der Waals surface area contributed by atoms with Gasteiger partial charge in [0.1, 0.15) is 5.75 Å². The maximum absolute atomic E-state index is 10.1. The van der Waals surface area contributed by atoms with Gasteiger partial charge in [-0.1, -0.05) is 42.5 Å². The number of phenols is 1. The van der Waals surface area contributed by atoms with Gasteiger partial charge in [-0.3, -0.25) is 4.98 Å². The highest BCUT2D eigenvalue weighted by Gasteiger charge is 2.19. The summed E-state index contributed by atoms with van der Waals surface area (Å²) < 4.78 is 0. The molecule has 0 aliphatic heterocycles. The van der Waals surface area contributed by atoms with Gasteiger partial charge in [-0.2, -0.15) is 0 Å². The molecule has 1 aliphatic rings. The van der Waals surface area contributed by atoms with Crippen LogP contribution in [0.15, 0.2) is 78.5 Å². The zero-order chi connectivity index (χ0) is 20.1. The predicted octanol–water partition coefficient (Wildman–Crippen LogP) is 5.10. The van der Waals surface area contributed by atoms with Gasteiger partial charge in [0.25, 0.3) is 0 Å². The number of pyridine rings is 1. The molecule has 1 heterocycles. The van der Waals surface area contributed by atoms with Gasteiger partial charge in [-0.25, -0.2) is 0 Å². The van der Waals surface area contributed by atoms with Crippen LogP contribution in [0.4, 0.5) is 0 Å². The Morgan fingerprint density at radius 3 is 2.66 bits per heavy atom. The van der Waals surface area contributed by atoms with E-state index in [0.29, 0.717) is 5.75 Å². The van der Waals surface area contributed by atoms with Gasteiger partial charge in [-0.05, 0) is 78.4 Å². The van der Waals surface area contributed by atoms with E-state index in [0.717, 1.165) is 50.0 Å². The van der Waals surface area contributed by atoms with E-state index < -0.39 is 0 Å². The maximum Gasteiger partial charge on any atom is 0.116 e. The molecule has 3 nitrogen and oxygen atoms in total. The number of likely N-dealkylation sites (N-methyl/N-ethyl adjacent to an activating group) is 1. The molecule has 0 fully saturated rings. The van der Waals surface area contributed by atoms with Gasteiger partial charge >= 0.3 is 0 Å². The molecule has 3 heteroatoms. The molecule has 0 bridgehead atoms. The Bertz CT molecular complexity index is 994. The molecule has 0 atom stereocenters. The predicted molar refractivity (Wildman–Crippen MR) is 119 cm³/mol. The van der Waals surface area contributed by atoms with Crippen molar-refractivity contribution in [1.29, 1.82) is 0 Å². The number of phenolic OH excluding ortho intramolecular Hbond substituents is 1. The summed E-state index contributed by atoms with van der Waals surface area (Å²) in [7, 11) is 2.19. The number of hydrogen-bond donors (Lipinski definition) is 1. The molecule has 0 amide bonds. The maximum atomic E-state index is 10.1. The second-order valence-electron chi connectivity index (χ2n) is 7.85. The number of aromatic nitrogens is 1. The van der Waals surface area contributed by atoms with Crippen LogP contribution >= 0.6 is 0 Å². The fourth-order valence-corrected chi connectivity index (χ4v) is 4.23. The number of fused-ring (bicyclic) bond motifs is 1. The first kappa shape index (κ1) is 19.4. The summed E-state index contributed by atoms with van der Waals surface area (Å²) in [6.07, 6.45) is 6.14. The molecule has 0 unspecified atom stereocenters. The number of aromatic hydroxyl groups is 1. The van der Waals surface area contributed by atoms with Crippen molar-refractivity contribution in [3.63, 3.8) is 0 Å². The van der Waals surface area contributed by atoms with Gasteiger partial charge in [0.15, 0.2) is 0 Å². The van der Waals surface area contributed by atoms with Gasteiger partial charge in [0, 0.05) is 31.4 Å². The van der Waals surface area contributed by atoms with Crippen LogP contribution in [0.1, 0.15) is 35.2 Å². The van der Waals surface area contributed by atoms with Crippen molar-refractivity contribution in [2.75, 3.05) is 20.1 Å². The third-order valence-corrected chi connectivity index (χ3v) is 5.64. The normalized spacial score (nSPS) is 14.0. The molecule has 0 saturated carbocycles. The van der Waals surface area contributed by atoms with E-state index in [2.05, 4.69) is 53.3 Å². The van der Waals surface area contributed by atoms with Gasteiger partial charge < -0.3 is 10.0 Å². The molecule has 3 aromatic rings. The standard InChI is InChI=1S/C26H28N2O/c1-28(17-15-23-12-4-5-16-27-23)19-22-11-6-9-20-8-2-3-14-25(20)26(22)21-10-7-13-24(29)18-21/h2-5,7-8,10,12-14,16,18,29H,6,9,11,15,17,19H2,1H3. The lowest BCUT2D eigenvalue weighted by atomic mass is 9.90. The third-order valence-electron chi connectivity index (χ3n) is 5.64. The van der Waals surface area contributed by atoms with E-state index in [4.69, 9.17) is 0 Å². The Balaban J connectivity index is 1.65. The van der Waals surface area contributed by atoms with Crippen LogP contribution in [0.3, 0.4) is 0 Å². The number of benzene rings is 2. The van der Waals surface area contributed by atoms with Crippen molar-refractivity contribution >= 4 is 5.57 Å². The van der Waals surface area contributed by atoms with Crippen molar-refractivity contribution in [2.45, 2.75) is 25.7 Å². The monoisotopic (exact) mass is 384 g/mol. The molecule has 2 aromatic carbocycles. The summed E-state index contributed by atoms with van der Waals surface area (Å²) in [5.74, 6) is 0.319. The minimum Gasteiger partial charge on any atom is -0.508 e. The summed E-state index contributed by atoms with van der Waals surface area (Å²) in [6, 6.07) is 22.5. The highest BCUT2D eigenvalue weighted by Crippen LogP contribution is 2.36. The first-order valence-corrected chi connectivity index (χ1v) is 10.4. The number of rotatable bonds is 6. The average Bonchev–Trinajstić information content (AvgIpc) is 2.92. The largest absolute Gasteiger partial charge is 0.508 e. The molecule has 1 aromatic heterocycles. The zero-order valence-electron chi connectivity index (χ0n) is 17.0. The quantitative estimate of drug-likeness (QED) is 0.642. The second-order valence-corrected chi connectivity index (χ2v) is 7.85. The van der Waals surface area contributed by atoms with Gasteiger partial charge in [-0.15, -0.1) is 0 Å². The lowest BCUT2D eigenvalue weighted by molar-refractivity contribution is 0.362. The van der Waals surface area contributed by atoms with E-state index >= 15 is 0 Å². The fraction of sp³-hybridized carbons (Fsp3) is 0.269. The van der Waals surface area contributed by atoms with Gasteiger partial charge in [0.05, 0.1) is 0 Å². The van der Waals surface area contributed by atoms with Crippen molar-refractivity contribution in [3.05, 3.63) is 101 Å². The van der Waals surface area contributed by atoms with E-state index in [1.54, 1.807) is 6.07 Å². The Kier molecular flexibility index (Phi) is 6.06. The van der Waals surface area contributed by atoms with Crippen LogP contribution in [0.25, 0.3) is 5.57 Å². The summed E-state index contributed by atoms with van der Waals surface area (Å²) in [6.45, 7) is 1.89. The first-order valence-electron chi connectivity index (χ1n) is 10.4. The van der Waals surface area contributed by atoms with Crippen molar-refractivity contribution in [3.8, 4) is 5.75 Å². The Labute approximate surface area is 173 Å². The molecule has 148 valence electrons. The van der Waals surface area contributed by atoms with Crippen LogP contribution in [-0.2, 0) is 12.8 Å². The first-order chi connectivity index (χ1) is 14.2. The minimum absolute atomic E-state index is 0.319. The van der Waals surface area contributed by atoms with E-state index in [1.807, 2.05) is 30.5 Å². The Morgan fingerprint density at radius 1 is 0.966 bits per heavy atom. The van der Waals surface area contributed by atoms with E-state index in [1.165, 1.54) is 22.3 Å². The van der Waals surface area contributed by atoms with Gasteiger partial charge in [0.2, 0.25) is 0 Å². The molecular weight excluding hydrogens is 356 g/mol. The Hall–Kier alpha value is -2.91. The summed E-state index contributed by atoms with van der Waals surface area (Å²) >= 11 is 0. The van der Waals surface area contributed by atoms with Crippen molar-refractivity contribution in [1.82, 2.24) is 9.88 Å². The third kappa shape index (κ3) is 4.75. The van der Waals surface area contributed by atoms with Crippen LogP contribution in [0, 0.1) is 0 Å².